The van der Waals surface area contributed by atoms with Crippen LogP contribution in [0.15, 0.2) is 48.0 Å². The standard InChI is InChI=1S/C26H29NO5/c1-4-32-19-11-7-8-17(15-19)23-22(24(28)20-14-16(2)12-13-21(20)31-3)25(29)26(30)27(23)18-9-5-6-10-18/h7-8,11-15,18,23,28H,4-6,9-10H2,1-3H3/b24-22+. The van der Waals surface area contributed by atoms with Gasteiger partial charge in [0, 0.05) is 6.04 Å². The lowest BCUT2D eigenvalue weighted by Gasteiger charge is -2.31. The zero-order valence-electron chi connectivity index (χ0n) is 18.8. The van der Waals surface area contributed by atoms with Crippen LogP contribution in [-0.4, -0.2) is 41.5 Å². The molecule has 1 N–H and O–H groups in total. The minimum absolute atomic E-state index is 0.0306. The molecule has 6 nitrogen and oxygen atoms in total. The highest BCUT2D eigenvalue weighted by Gasteiger charge is 2.49. The number of hydrogen-bond donors (Lipinski definition) is 1. The van der Waals surface area contributed by atoms with Gasteiger partial charge in [0.2, 0.25) is 0 Å². The number of likely N-dealkylation sites (tertiary alicyclic amines) is 1. The van der Waals surface area contributed by atoms with Gasteiger partial charge in [0.05, 0.1) is 30.9 Å². The van der Waals surface area contributed by atoms with Gasteiger partial charge in [-0.25, -0.2) is 0 Å². The van der Waals surface area contributed by atoms with Crippen molar-refractivity contribution in [1.29, 1.82) is 0 Å². The predicted octanol–water partition coefficient (Wildman–Crippen LogP) is 4.77. The summed E-state index contributed by atoms with van der Waals surface area (Å²) in [6.45, 7) is 4.31. The topological polar surface area (TPSA) is 76.1 Å². The summed E-state index contributed by atoms with van der Waals surface area (Å²) in [5.74, 6) is -0.324. The number of ether oxygens (including phenoxy) is 2. The third-order valence-electron chi connectivity index (χ3n) is 6.29. The number of rotatable bonds is 6. The zero-order chi connectivity index (χ0) is 22.8. The van der Waals surface area contributed by atoms with Crippen molar-refractivity contribution >= 4 is 17.4 Å². The highest BCUT2D eigenvalue weighted by atomic mass is 16.5. The summed E-state index contributed by atoms with van der Waals surface area (Å²) >= 11 is 0. The van der Waals surface area contributed by atoms with Gasteiger partial charge in [-0.3, -0.25) is 9.59 Å². The number of amides is 1. The molecule has 1 aliphatic heterocycles. The number of methoxy groups -OCH3 is 1. The molecule has 1 unspecified atom stereocenters. The van der Waals surface area contributed by atoms with Crippen molar-refractivity contribution in [2.24, 2.45) is 0 Å². The average molecular weight is 436 g/mol. The lowest BCUT2D eigenvalue weighted by molar-refractivity contribution is -0.141. The minimum Gasteiger partial charge on any atom is -0.507 e. The molecule has 2 aromatic carbocycles. The van der Waals surface area contributed by atoms with Gasteiger partial charge in [-0.05, 0) is 56.5 Å². The quantitative estimate of drug-likeness (QED) is 0.402. The fourth-order valence-corrected chi connectivity index (χ4v) is 4.83. The van der Waals surface area contributed by atoms with Crippen molar-refractivity contribution in [3.8, 4) is 11.5 Å². The van der Waals surface area contributed by atoms with Crippen molar-refractivity contribution in [1.82, 2.24) is 4.90 Å². The van der Waals surface area contributed by atoms with Crippen LogP contribution in [0.2, 0.25) is 0 Å². The van der Waals surface area contributed by atoms with Crippen molar-refractivity contribution < 1.29 is 24.2 Å². The molecule has 0 radical (unpaired) electrons. The predicted molar refractivity (Wildman–Crippen MR) is 122 cm³/mol. The van der Waals surface area contributed by atoms with E-state index in [1.54, 1.807) is 17.0 Å². The highest BCUT2D eigenvalue weighted by Crippen LogP contribution is 2.45. The van der Waals surface area contributed by atoms with Gasteiger partial charge >= 0.3 is 0 Å². The highest BCUT2D eigenvalue weighted by molar-refractivity contribution is 6.46. The summed E-state index contributed by atoms with van der Waals surface area (Å²) in [6.07, 6.45) is 3.74. The third kappa shape index (κ3) is 3.85. The smallest absolute Gasteiger partial charge is 0.295 e. The average Bonchev–Trinajstić information content (AvgIpc) is 3.40. The van der Waals surface area contributed by atoms with Crippen LogP contribution in [0.1, 0.15) is 55.3 Å². The van der Waals surface area contributed by atoms with Crippen molar-refractivity contribution in [3.63, 3.8) is 0 Å². The van der Waals surface area contributed by atoms with Crippen LogP contribution in [0.5, 0.6) is 11.5 Å². The van der Waals surface area contributed by atoms with Gasteiger partial charge in [0.1, 0.15) is 17.3 Å². The van der Waals surface area contributed by atoms with Crippen LogP contribution >= 0.6 is 0 Å². The Labute approximate surface area is 188 Å². The molecule has 0 aromatic heterocycles. The van der Waals surface area contributed by atoms with Crippen LogP contribution in [0.3, 0.4) is 0 Å². The van der Waals surface area contributed by atoms with E-state index in [0.29, 0.717) is 23.7 Å². The molecule has 1 atom stereocenters. The van der Waals surface area contributed by atoms with Crippen LogP contribution < -0.4 is 9.47 Å². The van der Waals surface area contributed by atoms with Crippen molar-refractivity contribution in [3.05, 3.63) is 64.7 Å². The lowest BCUT2D eigenvalue weighted by Crippen LogP contribution is -2.37. The molecule has 1 saturated carbocycles. The first-order valence-corrected chi connectivity index (χ1v) is 11.1. The SMILES string of the molecule is CCOc1cccc(C2/C(=C(\O)c3cc(C)ccc3OC)C(=O)C(=O)N2C2CCCC2)c1. The summed E-state index contributed by atoms with van der Waals surface area (Å²) in [4.78, 5) is 28.2. The molecule has 0 spiro atoms. The molecule has 4 rings (SSSR count). The maximum Gasteiger partial charge on any atom is 0.295 e. The Hall–Kier alpha value is -3.28. The van der Waals surface area contributed by atoms with Gasteiger partial charge in [-0.2, -0.15) is 0 Å². The Morgan fingerprint density at radius 3 is 2.56 bits per heavy atom. The van der Waals surface area contributed by atoms with E-state index in [1.807, 2.05) is 44.2 Å². The number of carbonyl (C=O) groups is 2. The number of carbonyl (C=O) groups excluding carboxylic acids is 2. The summed E-state index contributed by atoms with van der Waals surface area (Å²) < 4.78 is 11.1. The molecular formula is C26H29NO5. The number of nitrogens with zero attached hydrogens (tertiary/aromatic N) is 1. The fourth-order valence-electron chi connectivity index (χ4n) is 4.83. The van der Waals surface area contributed by atoms with E-state index in [0.717, 1.165) is 36.8 Å². The Bertz CT molecular complexity index is 1070. The van der Waals surface area contributed by atoms with Crippen LogP contribution in [0, 0.1) is 6.92 Å². The molecule has 1 saturated heterocycles. The molecule has 2 fully saturated rings. The molecule has 1 amide bonds. The largest absolute Gasteiger partial charge is 0.507 e. The van der Waals surface area contributed by atoms with E-state index >= 15 is 0 Å². The first-order chi connectivity index (χ1) is 15.5. The van der Waals surface area contributed by atoms with E-state index in [9.17, 15) is 14.7 Å². The fraction of sp³-hybridized carbons (Fsp3) is 0.385. The van der Waals surface area contributed by atoms with Crippen LogP contribution in [-0.2, 0) is 9.59 Å². The van der Waals surface area contributed by atoms with E-state index in [2.05, 4.69) is 0 Å². The summed E-state index contributed by atoms with van der Waals surface area (Å²) in [5, 5.41) is 11.4. The second-order valence-electron chi connectivity index (χ2n) is 8.35. The first-order valence-electron chi connectivity index (χ1n) is 11.1. The minimum atomic E-state index is -0.677. The van der Waals surface area contributed by atoms with Crippen molar-refractivity contribution in [2.45, 2.75) is 51.6 Å². The monoisotopic (exact) mass is 435 g/mol. The molecule has 1 heterocycles. The normalized spacial score (nSPS) is 20.7. The lowest BCUT2D eigenvalue weighted by atomic mass is 9.94. The number of aryl methyl sites for hydroxylation is 1. The Morgan fingerprint density at radius 2 is 1.88 bits per heavy atom. The summed E-state index contributed by atoms with van der Waals surface area (Å²) in [6, 6.07) is 12.1. The van der Waals surface area contributed by atoms with E-state index in [4.69, 9.17) is 9.47 Å². The van der Waals surface area contributed by atoms with E-state index in [-0.39, 0.29) is 17.4 Å². The van der Waals surface area contributed by atoms with E-state index in [1.165, 1.54) is 7.11 Å². The van der Waals surface area contributed by atoms with Gasteiger partial charge in [0.15, 0.2) is 0 Å². The van der Waals surface area contributed by atoms with Gasteiger partial charge in [0.25, 0.3) is 11.7 Å². The van der Waals surface area contributed by atoms with Gasteiger partial charge < -0.3 is 19.5 Å². The molecule has 32 heavy (non-hydrogen) atoms. The first kappa shape index (κ1) is 21.9. The number of aliphatic hydroxyl groups excluding tert-OH is 1. The van der Waals surface area contributed by atoms with Crippen molar-refractivity contribution in [2.75, 3.05) is 13.7 Å². The third-order valence-corrected chi connectivity index (χ3v) is 6.29. The van der Waals surface area contributed by atoms with Crippen LogP contribution in [0.4, 0.5) is 0 Å². The van der Waals surface area contributed by atoms with Crippen LogP contribution in [0.25, 0.3) is 5.76 Å². The van der Waals surface area contributed by atoms with Gasteiger partial charge in [-0.15, -0.1) is 0 Å². The second-order valence-corrected chi connectivity index (χ2v) is 8.35. The Balaban J connectivity index is 1.92. The molecule has 2 aromatic rings. The Morgan fingerprint density at radius 1 is 1.12 bits per heavy atom. The maximum absolute atomic E-state index is 13.3. The number of ketones is 1. The summed E-state index contributed by atoms with van der Waals surface area (Å²) in [5.41, 5.74) is 2.16. The second kappa shape index (κ2) is 9.07. The Kier molecular flexibility index (Phi) is 6.21. The molecule has 168 valence electrons. The number of benzene rings is 2. The molecular weight excluding hydrogens is 406 g/mol. The van der Waals surface area contributed by atoms with E-state index < -0.39 is 17.7 Å². The number of hydrogen-bond acceptors (Lipinski definition) is 5. The molecule has 6 heteroatoms. The molecule has 1 aliphatic carbocycles. The summed E-state index contributed by atoms with van der Waals surface area (Å²) in [7, 11) is 1.52. The number of aliphatic hydroxyl groups is 1. The zero-order valence-corrected chi connectivity index (χ0v) is 18.8. The molecule has 0 bridgehead atoms. The van der Waals surface area contributed by atoms with Gasteiger partial charge in [-0.1, -0.05) is 36.6 Å². The molecule has 2 aliphatic rings. The number of Topliss-reactive ketones (excluding diaryl/α,β-unsaturated/α-hetero) is 1. The maximum atomic E-state index is 13.3.